The molecule has 0 aromatic carbocycles. The van der Waals surface area contributed by atoms with Crippen molar-refractivity contribution in [3.05, 3.63) is 0 Å². The fraction of sp³-hybridized carbons (Fsp3) is 0.818. The average Bonchev–Trinajstić information content (AvgIpc) is 2.29. The van der Waals surface area contributed by atoms with Gasteiger partial charge in [0.05, 0.1) is 13.2 Å². The van der Waals surface area contributed by atoms with Crippen molar-refractivity contribution in [1.29, 1.82) is 0 Å². The van der Waals surface area contributed by atoms with E-state index in [9.17, 15) is 9.59 Å². The zero-order valence-electron chi connectivity index (χ0n) is 10.3. The molecule has 1 amide bonds. The maximum Gasteiger partial charge on any atom is 0.326 e. The summed E-state index contributed by atoms with van der Waals surface area (Å²) in [5, 5.41) is 11.4. The molecule has 4 N–H and O–H groups in total. The van der Waals surface area contributed by atoms with E-state index in [4.69, 9.17) is 15.6 Å². The summed E-state index contributed by atoms with van der Waals surface area (Å²) < 4.78 is 5.04. The van der Waals surface area contributed by atoms with Crippen LogP contribution in [0.2, 0.25) is 0 Å². The van der Waals surface area contributed by atoms with Gasteiger partial charge in [0, 0.05) is 13.0 Å². The van der Waals surface area contributed by atoms with Crippen LogP contribution >= 0.6 is 0 Å². The molecule has 0 heterocycles. The van der Waals surface area contributed by atoms with Crippen LogP contribution in [0.4, 0.5) is 0 Å². The molecule has 0 saturated carbocycles. The number of hydrogen-bond acceptors (Lipinski definition) is 4. The van der Waals surface area contributed by atoms with Crippen molar-refractivity contribution in [1.82, 2.24) is 5.32 Å². The Balaban J connectivity index is 3.83. The van der Waals surface area contributed by atoms with Crippen LogP contribution in [0.3, 0.4) is 0 Å². The van der Waals surface area contributed by atoms with Crippen LogP contribution in [-0.2, 0) is 14.3 Å². The molecule has 0 saturated heterocycles. The van der Waals surface area contributed by atoms with E-state index in [-0.39, 0.29) is 18.9 Å². The van der Waals surface area contributed by atoms with E-state index < -0.39 is 12.0 Å². The van der Waals surface area contributed by atoms with E-state index in [1.165, 1.54) is 0 Å². The fourth-order valence-corrected chi connectivity index (χ4v) is 1.28. The Morgan fingerprint density at radius 3 is 2.65 bits per heavy atom. The first-order valence-corrected chi connectivity index (χ1v) is 5.91. The van der Waals surface area contributed by atoms with Crippen molar-refractivity contribution in [2.45, 2.75) is 38.6 Å². The highest BCUT2D eigenvalue weighted by Crippen LogP contribution is 2.01. The average molecular weight is 246 g/mol. The van der Waals surface area contributed by atoms with Crippen LogP contribution in [0.5, 0.6) is 0 Å². The lowest BCUT2D eigenvalue weighted by atomic mass is 10.1. The van der Waals surface area contributed by atoms with Gasteiger partial charge in [-0.05, 0) is 6.42 Å². The molecule has 0 fully saturated rings. The van der Waals surface area contributed by atoms with Gasteiger partial charge in [-0.3, -0.25) is 4.79 Å². The van der Waals surface area contributed by atoms with Crippen LogP contribution < -0.4 is 11.1 Å². The Hall–Kier alpha value is -1.14. The van der Waals surface area contributed by atoms with Crippen molar-refractivity contribution < 1.29 is 19.4 Å². The second-order valence-electron chi connectivity index (χ2n) is 3.75. The van der Waals surface area contributed by atoms with E-state index in [1.807, 2.05) is 6.92 Å². The number of hydrogen-bond donors (Lipinski definition) is 3. The maximum atomic E-state index is 11.4. The Morgan fingerprint density at radius 2 is 2.12 bits per heavy atom. The van der Waals surface area contributed by atoms with Crippen LogP contribution in [0.15, 0.2) is 0 Å². The molecule has 0 aliphatic carbocycles. The second-order valence-corrected chi connectivity index (χ2v) is 3.75. The summed E-state index contributed by atoms with van der Waals surface area (Å²) in [7, 11) is 0. The molecule has 0 aliphatic heterocycles. The zero-order valence-corrected chi connectivity index (χ0v) is 10.3. The number of nitrogens with two attached hydrogens (primary N) is 1. The molecule has 1 atom stereocenters. The highest BCUT2D eigenvalue weighted by molar-refractivity contribution is 5.83. The first-order valence-electron chi connectivity index (χ1n) is 5.91. The van der Waals surface area contributed by atoms with Crippen molar-refractivity contribution in [2.24, 2.45) is 5.73 Å². The summed E-state index contributed by atoms with van der Waals surface area (Å²) in [4.78, 5) is 22.3. The molecule has 6 heteroatoms. The van der Waals surface area contributed by atoms with Crippen LogP contribution in [0.25, 0.3) is 0 Å². The van der Waals surface area contributed by atoms with Crippen LogP contribution in [0.1, 0.15) is 32.6 Å². The minimum atomic E-state index is -0.991. The smallest absolute Gasteiger partial charge is 0.326 e. The summed E-state index contributed by atoms with van der Waals surface area (Å²) >= 11 is 0. The van der Waals surface area contributed by atoms with Gasteiger partial charge in [0.15, 0.2) is 0 Å². The largest absolute Gasteiger partial charge is 0.480 e. The van der Waals surface area contributed by atoms with Crippen molar-refractivity contribution in [3.8, 4) is 0 Å². The van der Waals surface area contributed by atoms with Gasteiger partial charge in [0.2, 0.25) is 5.91 Å². The number of unbranched alkanes of at least 4 members (excludes halogenated alkanes) is 1. The summed E-state index contributed by atoms with van der Waals surface area (Å²) in [6.07, 6.45) is 2.30. The lowest BCUT2D eigenvalue weighted by Gasteiger charge is -2.13. The first kappa shape index (κ1) is 15.9. The number of carbonyl (C=O) groups excluding carboxylic acids is 1. The lowest BCUT2D eigenvalue weighted by Crippen LogP contribution is -2.41. The first-order chi connectivity index (χ1) is 8.11. The Labute approximate surface area is 102 Å². The molecular weight excluding hydrogens is 224 g/mol. The van der Waals surface area contributed by atoms with Gasteiger partial charge in [-0.25, -0.2) is 4.79 Å². The van der Waals surface area contributed by atoms with Crippen molar-refractivity contribution >= 4 is 11.9 Å². The van der Waals surface area contributed by atoms with Gasteiger partial charge in [-0.15, -0.1) is 0 Å². The number of carboxylic acid groups (broad SMARTS) is 1. The molecule has 0 radical (unpaired) electrons. The topological polar surface area (TPSA) is 102 Å². The molecule has 0 aromatic heterocycles. The molecule has 17 heavy (non-hydrogen) atoms. The summed E-state index contributed by atoms with van der Waals surface area (Å²) in [6, 6.07) is -0.794. The van der Waals surface area contributed by atoms with Crippen LogP contribution in [-0.4, -0.2) is 42.8 Å². The second kappa shape index (κ2) is 10.0. The van der Waals surface area contributed by atoms with E-state index >= 15 is 0 Å². The minimum absolute atomic E-state index is 0.163. The molecule has 100 valence electrons. The molecule has 0 spiro atoms. The monoisotopic (exact) mass is 246 g/mol. The molecular formula is C11H22N2O4. The third-order valence-electron chi connectivity index (χ3n) is 2.22. The summed E-state index contributed by atoms with van der Waals surface area (Å²) in [5.74, 6) is -1.29. The Bertz CT molecular complexity index is 234. The number of nitrogens with one attached hydrogen (secondary N) is 1. The van der Waals surface area contributed by atoms with Gasteiger partial charge in [-0.1, -0.05) is 19.8 Å². The van der Waals surface area contributed by atoms with Gasteiger partial charge < -0.3 is 20.9 Å². The van der Waals surface area contributed by atoms with Gasteiger partial charge >= 0.3 is 5.97 Å². The van der Waals surface area contributed by atoms with Crippen molar-refractivity contribution in [2.75, 3.05) is 19.8 Å². The minimum Gasteiger partial charge on any atom is -0.480 e. The molecule has 6 nitrogen and oxygen atoms in total. The van der Waals surface area contributed by atoms with Gasteiger partial charge in [-0.2, -0.15) is 0 Å². The molecule has 0 bridgehead atoms. The third kappa shape index (κ3) is 8.65. The lowest BCUT2D eigenvalue weighted by molar-refractivity contribution is -0.142. The number of carboxylic acids is 1. The van der Waals surface area contributed by atoms with Gasteiger partial charge in [0.1, 0.15) is 6.04 Å². The standard InChI is InChI=1S/C11H22N2O4/c1-2-3-4-9(11(15)16)13-10(14)5-7-17-8-6-12/h9H,2-8,12H2,1H3,(H,13,14)(H,15,16). The molecule has 0 aromatic rings. The predicted octanol–water partition coefficient (Wildman–Crippen LogP) is 0.111. The number of carbonyl (C=O) groups is 2. The Kier molecular flexibility index (Phi) is 9.37. The number of aliphatic carboxylic acids is 1. The normalized spacial score (nSPS) is 12.1. The highest BCUT2D eigenvalue weighted by Gasteiger charge is 2.18. The van der Waals surface area contributed by atoms with E-state index in [1.54, 1.807) is 0 Å². The Morgan fingerprint density at radius 1 is 1.41 bits per heavy atom. The maximum absolute atomic E-state index is 11.4. The molecule has 1 unspecified atom stereocenters. The number of amides is 1. The van der Waals surface area contributed by atoms with E-state index in [2.05, 4.69) is 5.32 Å². The van der Waals surface area contributed by atoms with Gasteiger partial charge in [0.25, 0.3) is 0 Å². The number of ether oxygens (including phenoxy) is 1. The quantitative estimate of drug-likeness (QED) is 0.475. The zero-order chi connectivity index (χ0) is 13.1. The van der Waals surface area contributed by atoms with E-state index in [0.29, 0.717) is 19.6 Å². The molecule has 0 rings (SSSR count). The summed E-state index contributed by atoms with van der Waals surface area (Å²) in [6.45, 7) is 3.06. The van der Waals surface area contributed by atoms with Crippen LogP contribution in [0, 0.1) is 0 Å². The third-order valence-corrected chi connectivity index (χ3v) is 2.22. The predicted molar refractivity (Wildman–Crippen MR) is 63.6 cm³/mol. The fourth-order valence-electron chi connectivity index (χ4n) is 1.28. The SMILES string of the molecule is CCCCC(NC(=O)CCOCCN)C(=O)O. The van der Waals surface area contributed by atoms with Crippen molar-refractivity contribution in [3.63, 3.8) is 0 Å². The highest BCUT2D eigenvalue weighted by atomic mass is 16.5. The number of rotatable bonds is 10. The van der Waals surface area contributed by atoms with E-state index in [0.717, 1.165) is 12.8 Å². The molecule has 0 aliphatic rings. The summed E-state index contributed by atoms with van der Waals surface area (Å²) in [5.41, 5.74) is 5.22.